The van der Waals surface area contributed by atoms with Gasteiger partial charge in [0, 0.05) is 12.7 Å². The first-order chi connectivity index (χ1) is 11.1. The number of amides is 2. The molecule has 2 heterocycles. The number of anilines is 1. The third-order valence-corrected chi connectivity index (χ3v) is 4.13. The van der Waals surface area contributed by atoms with Crippen LogP contribution in [0.4, 0.5) is 14.9 Å². The second kappa shape index (κ2) is 6.75. The molecule has 2 atom stereocenters. The van der Waals surface area contributed by atoms with Gasteiger partial charge in [-0.05, 0) is 25.1 Å². The zero-order chi connectivity index (χ0) is 16.2. The molecule has 1 aromatic carbocycles. The average Bonchev–Trinajstić information content (AvgIpc) is 2.91. The maximum absolute atomic E-state index is 13.6. The van der Waals surface area contributed by atoms with E-state index in [-0.39, 0.29) is 17.8 Å². The number of hydrogen-bond acceptors (Lipinski definition) is 3. The van der Waals surface area contributed by atoms with Crippen molar-refractivity contribution in [2.24, 2.45) is 0 Å². The Morgan fingerprint density at radius 1 is 1.30 bits per heavy atom. The Balaban J connectivity index is 1.69. The zero-order valence-electron chi connectivity index (χ0n) is 12.9. The number of hydrogen-bond donors (Lipinski definition) is 2. The number of pyridine rings is 1. The average molecular weight is 314 g/mol. The molecule has 1 aromatic heterocycles. The van der Waals surface area contributed by atoms with Gasteiger partial charge in [-0.1, -0.05) is 30.3 Å². The summed E-state index contributed by atoms with van der Waals surface area (Å²) in [6.07, 6.45) is 3.36. The molecule has 0 unspecified atom stereocenters. The molecule has 2 N–H and O–H groups in total. The van der Waals surface area contributed by atoms with Crippen LogP contribution in [0.15, 0.2) is 48.8 Å². The summed E-state index contributed by atoms with van der Waals surface area (Å²) in [6.45, 7) is 0.897. The molecule has 2 aromatic rings. The number of carbonyl (C=O) groups excluding carboxylic acids is 1. The van der Waals surface area contributed by atoms with E-state index >= 15 is 0 Å². The smallest absolute Gasteiger partial charge is 0.319 e. The summed E-state index contributed by atoms with van der Waals surface area (Å²) in [5.41, 5.74) is 1.29. The van der Waals surface area contributed by atoms with Gasteiger partial charge < -0.3 is 10.6 Å². The summed E-state index contributed by atoms with van der Waals surface area (Å²) in [5.74, 6) is -0.550. The zero-order valence-corrected chi connectivity index (χ0v) is 12.9. The Hall–Kier alpha value is -2.47. The van der Waals surface area contributed by atoms with E-state index in [4.69, 9.17) is 0 Å². The number of aromatic nitrogens is 1. The lowest BCUT2D eigenvalue weighted by molar-refractivity contribution is 0.240. The highest BCUT2D eigenvalue weighted by Gasteiger charge is 2.33. The van der Waals surface area contributed by atoms with E-state index < -0.39 is 11.8 Å². The van der Waals surface area contributed by atoms with Crippen LogP contribution in [0.5, 0.6) is 0 Å². The summed E-state index contributed by atoms with van der Waals surface area (Å²) in [6, 6.07) is 11.2. The van der Waals surface area contributed by atoms with Crippen molar-refractivity contribution in [1.82, 2.24) is 15.2 Å². The van der Waals surface area contributed by atoms with E-state index in [1.165, 1.54) is 12.3 Å². The molecule has 3 rings (SSSR count). The lowest BCUT2D eigenvalue weighted by Crippen LogP contribution is -2.41. The van der Waals surface area contributed by atoms with Crippen molar-refractivity contribution < 1.29 is 9.18 Å². The number of urea groups is 1. The van der Waals surface area contributed by atoms with Crippen molar-refractivity contribution in [3.8, 4) is 0 Å². The molecule has 6 heteroatoms. The van der Waals surface area contributed by atoms with Crippen molar-refractivity contribution in [3.05, 3.63) is 60.2 Å². The van der Waals surface area contributed by atoms with Gasteiger partial charge in [-0.3, -0.25) is 9.88 Å². The number of benzene rings is 1. The fourth-order valence-electron chi connectivity index (χ4n) is 3.04. The van der Waals surface area contributed by atoms with Gasteiger partial charge in [-0.2, -0.15) is 0 Å². The first-order valence-corrected chi connectivity index (χ1v) is 7.57. The van der Waals surface area contributed by atoms with Crippen molar-refractivity contribution in [2.45, 2.75) is 18.5 Å². The van der Waals surface area contributed by atoms with E-state index in [1.807, 2.05) is 25.2 Å². The van der Waals surface area contributed by atoms with Crippen molar-refractivity contribution in [1.29, 1.82) is 0 Å². The van der Waals surface area contributed by atoms with Crippen LogP contribution < -0.4 is 10.6 Å². The van der Waals surface area contributed by atoms with Crippen molar-refractivity contribution >= 4 is 11.7 Å². The third-order valence-electron chi connectivity index (χ3n) is 4.13. The molecule has 0 saturated carbocycles. The van der Waals surface area contributed by atoms with Gasteiger partial charge in [0.25, 0.3) is 0 Å². The molecular weight excluding hydrogens is 295 g/mol. The van der Waals surface area contributed by atoms with E-state index in [1.54, 1.807) is 0 Å². The molecule has 2 amide bonds. The second-order valence-electron chi connectivity index (χ2n) is 5.69. The molecule has 1 aliphatic rings. The molecule has 5 nitrogen and oxygen atoms in total. The second-order valence-corrected chi connectivity index (χ2v) is 5.69. The summed E-state index contributed by atoms with van der Waals surface area (Å²) in [7, 11) is 2.04. The minimum absolute atomic E-state index is 0.0210. The van der Waals surface area contributed by atoms with Gasteiger partial charge in [0.2, 0.25) is 0 Å². The van der Waals surface area contributed by atoms with E-state index in [2.05, 4.69) is 32.7 Å². The predicted octanol–water partition coefficient (Wildman–Crippen LogP) is 2.79. The van der Waals surface area contributed by atoms with Crippen molar-refractivity contribution in [2.75, 3.05) is 18.9 Å². The maximum Gasteiger partial charge on any atom is 0.319 e. The number of nitrogens with one attached hydrogen (secondary N) is 2. The maximum atomic E-state index is 13.6. The standard InChI is InChI=1S/C17H19FN4O/c1-22-10-8-15(16(22)12-5-3-2-4-6-12)21-17(23)20-14-7-9-19-11-13(14)18/h2-7,9,11,15-16H,8,10H2,1H3,(H2,19,20,21,23)/t15-,16+/m1/s1. The molecule has 0 aliphatic carbocycles. The van der Waals surface area contributed by atoms with Gasteiger partial charge in [0.05, 0.1) is 24.0 Å². The number of carbonyl (C=O) groups is 1. The van der Waals surface area contributed by atoms with Crippen molar-refractivity contribution in [3.63, 3.8) is 0 Å². The Kier molecular flexibility index (Phi) is 4.52. The minimum Gasteiger partial charge on any atom is -0.333 e. The van der Waals surface area contributed by atoms with E-state index in [0.717, 1.165) is 24.7 Å². The molecule has 0 bridgehead atoms. The molecular formula is C17H19FN4O. The van der Waals surface area contributed by atoms with Gasteiger partial charge in [-0.15, -0.1) is 0 Å². The van der Waals surface area contributed by atoms with E-state index in [0.29, 0.717) is 0 Å². The quantitative estimate of drug-likeness (QED) is 0.916. The highest BCUT2D eigenvalue weighted by Crippen LogP contribution is 2.30. The van der Waals surface area contributed by atoms with Crippen LogP contribution in [0.2, 0.25) is 0 Å². The van der Waals surface area contributed by atoms with Gasteiger partial charge in [0.15, 0.2) is 5.82 Å². The first kappa shape index (κ1) is 15.4. The van der Waals surface area contributed by atoms with Crippen LogP contribution >= 0.6 is 0 Å². The fourth-order valence-corrected chi connectivity index (χ4v) is 3.04. The third kappa shape index (κ3) is 3.48. The van der Waals surface area contributed by atoms with Crippen LogP contribution in [0, 0.1) is 5.82 Å². The van der Waals surface area contributed by atoms with Crippen LogP contribution in [-0.4, -0.2) is 35.5 Å². The van der Waals surface area contributed by atoms with Gasteiger partial charge >= 0.3 is 6.03 Å². The summed E-state index contributed by atoms with van der Waals surface area (Å²) >= 11 is 0. The number of nitrogens with zero attached hydrogens (tertiary/aromatic N) is 2. The Morgan fingerprint density at radius 2 is 2.09 bits per heavy atom. The fraction of sp³-hybridized carbons (Fsp3) is 0.294. The van der Waals surface area contributed by atoms with Crippen LogP contribution in [0.25, 0.3) is 0 Å². The van der Waals surface area contributed by atoms with Gasteiger partial charge in [-0.25, -0.2) is 9.18 Å². The molecule has 1 saturated heterocycles. The first-order valence-electron chi connectivity index (χ1n) is 7.57. The predicted molar refractivity (Wildman–Crippen MR) is 86.6 cm³/mol. The van der Waals surface area contributed by atoms with Crippen LogP contribution in [-0.2, 0) is 0 Å². The van der Waals surface area contributed by atoms with E-state index in [9.17, 15) is 9.18 Å². The Morgan fingerprint density at radius 3 is 2.83 bits per heavy atom. The summed E-state index contributed by atoms with van der Waals surface area (Å²) in [5, 5.41) is 5.50. The van der Waals surface area contributed by atoms with Gasteiger partial charge in [0.1, 0.15) is 0 Å². The summed E-state index contributed by atoms with van der Waals surface area (Å²) in [4.78, 5) is 18.1. The summed E-state index contributed by atoms with van der Waals surface area (Å²) < 4.78 is 13.6. The largest absolute Gasteiger partial charge is 0.333 e. The molecule has 0 radical (unpaired) electrons. The number of likely N-dealkylation sites (N-methyl/N-ethyl adjacent to an activating group) is 1. The van der Waals surface area contributed by atoms with Crippen LogP contribution in [0.1, 0.15) is 18.0 Å². The lowest BCUT2D eigenvalue weighted by atomic mass is 10.0. The number of halogens is 1. The number of rotatable bonds is 3. The highest BCUT2D eigenvalue weighted by molar-refractivity contribution is 5.89. The lowest BCUT2D eigenvalue weighted by Gasteiger charge is -2.26. The minimum atomic E-state index is -0.550. The van der Waals surface area contributed by atoms with Crippen LogP contribution in [0.3, 0.4) is 0 Å². The molecule has 23 heavy (non-hydrogen) atoms. The molecule has 1 aliphatic heterocycles. The highest BCUT2D eigenvalue weighted by atomic mass is 19.1. The SMILES string of the molecule is CN1CC[C@@H](NC(=O)Nc2ccncc2F)[C@@H]1c1ccccc1. The normalized spacial score (nSPS) is 21.1. The molecule has 0 spiro atoms. The molecule has 1 fully saturated rings. The topological polar surface area (TPSA) is 57.3 Å². The monoisotopic (exact) mass is 314 g/mol. The number of likely N-dealkylation sites (tertiary alicyclic amines) is 1. The Labute approximate surface area is 134 Å². The molecule has 120 valence electrons. The Bertz CT molecular complexity index is 679.